The van der Waals surface area contributed by atoms with E-state index < -0.39 is 5.97 Å². The van der Waals surface area contributed by atoms with Gasteiger partial charge in [-0.25, -0.2) is 4.79 Å². The second-order valence-corrected chi connectivity index (χ2v) is 3.71. The van der Waals surface area contributed by atoms with Crippen LogP contribution in [-0.4, -0.2) is 17.3 Å². The van der Waals surface area contributed by atoms with Crippen LogP contribution in [0.25, 0.3) is 0 Å². The topological polar surface area (TPSA) is 61.1 Å². The van der Waals surface area contributed by atoms with Gasteiger partial charge in [0, 0.05) is 4.90 Å². The number of thioether (sulfide) groups is 1. The van der Waals surface area contributed by atoms with Gasteiger partial charge in [-0.2, -0.15) is 5.26 Å². The van der Waals surface area contributed by atoms with E-state index in [0.29, 0.717) is 4.90 Å². The molecule has 14 heavy (non-hydrogen) atoms. The third-order valence-electron chi connectivity index (χ3n) is 1.63. The fourth-order valence-corrected chi connectivity index (χ4v) is 1.66. The number of benzene rings is 1. The molecule has 0 saturated carbocycles. The van der Waals surface area contributed by atoms with Gasteiger partial charge in [0.2, 0.25) is 0 Å². The SMILES string of the molecule is CSc1cc(C#N)c(Cl)c(C(=O)O)c1. The summed E-state index contributed by atoms with van der Waals surface area (Å²) in [5, 5.41) is 17.5. The number of hydrogen-bond acceptors (Lipinski definition) is 3. The molecule has 0 aromatic heterocycles. The number of hydrogen-bond donors (Lipinski definition) is 1. The van der Waals surface area contributed by atoms with E-state index in [-0.39, 0.29) is 16.1 Å². The van der Waals surface area contributed by atoms with E-state index in [4.69, 9.17) is 22.0 Å². The maximum atomic E-state index is 10.8. The lowest BCUT2D eigenvalue weighted by Gasteiger charge is -2.03. The summed E-state index contributed by atoms with van der Waals surface area (Å²) in [6, 6.07) is 4.88. The van der Waals surface area contributed by atoms with Crippen molar-refractivity contribution in [1.82, 2.24) is 0 Å². The highest BCUT2D eigenvalue weighted by Crippen LogP contribution is 2.27. The van der Waals surface area contributed by atoms with Crippen LogP contribution in [-0.2, 0) is 0 Å². The molecule has 0 aliphatic heterocycles. The van der Waals surface area contributed by atoms with Crippen LogP contribution in [0, 0.1) is 11.3 Å². The predicted molar refractivity (Wildman–Crippen MR) is 54.9 cm³/mol. The number of carboxylic acids is 1. The fourth-order valence-electron chi connectivity index (χ4n) is 0.953. The minimum Gasteiger partial charge on any atom is -0.478 e. The molecule has 1 rings (SSSR count). The Balaban J connectivity index is 3.44. The van der Waals surface area contributed by atoms with Gasteiger partial charge < -0.3 is 5.11 Å². The molecular formula is C9H6ClNO2S. The number of rotatable bonds is 2. The molecule has 0 fully saturated rings. The number of aromatic carboxylic acids is 1. The van der Waals surface area contributed by atoms with Crippen molar-refractivity contribution in [2.75, 3.05) is 6.26 Å². The largest absolute Gasteiger partial charge is 0.478 e. The summed E-state index contributed by atoms with van der Waals surface area (Å²) in [5.74, 6) is -1.12. The zero-order valence-electron chi connectivity index (χ0n) is 7.24. The predicted octanol–water partition coefficient (Wildman–Crippen LogP) is 2.63. The molecule has 0 saturated heterocycles. The molecule has 72 valence electrons. The average molecular weight is 228 g/mol. The van der Waals surface area contributed by atoms with Gasteiger partial charge in [0.05, 0.1) is 16.1 Å². The molecule has 0 radical (unpaired) electrons. The normalized spacial score (nSPS) is 9.50. The molecule has 3 nitrogen and oxygen atoms in total. The molecule has 0 bridgehead atoms. The van der Waals surface area contributed by atoms with Crippen molar-refractivity contribution < 1.29 is 9.90 Å². The van der Waals surface area contributed by atoms with E-state index in [1.54, 1.807) is 12.3 Å². The quantitative estimate of drug-likeness (QED) is 0.789. The number of carboxylic acid groups (broad SMARTS) is 1. The molecule has 1 aromatic carbocycles. The van der Waals surface area contributed by atoms with Gasteiger partial charge in [-0.15, -0.1) is 11.8 Å². The molecule has 0 aliphatic rings. The van der Waals surface area contributed by atoms with Gasteiger partial charge in [0.25, 0.3) is 0 Å². The van der Waals surface area contributed by atoms with Gasteiger partial charge in [-0.3, -0.25) is 0 Å². The van der Waals surface area contributed by atoms with E-state index >= 15 is 0 Å². The summed E-state index contributed by atoms with van der Waals surface area (Å²) in [6.07, 6.45) is 1.80. The lowest BCUT2D eigenvalue weighted by atomic mass is 10.1. The maximum absolute atomic E-state index is 10.8. The Morgan fingerprint density at radius 2 is 2.29 bits per heavy atom. The zero-order chi connectivity index (χ0) is 10.7. The van der Waals surface area contributed by atoms with Gasteiger partial charge in [-0.05, 0) is 18.4 Å². The van der Waals surface area contributed by atoms with Crippen molar-refractivity contribution in [3.05, 3.63) is 28.3 Å². The average Bonchev–Trinajstić information content (AvgIpc) is 2.17. The van der Waals surface area contributed by atoms with Crippen LogP contribution in [0.4, 0.5) is 0 Å². The summed E-state index contributed by atoms with van der Waals surface area (Å²) in [4.78, 5) is 11.5. The van der Waals surface area contributed by atoms with Crippen molar-refractivity contribution in [1.29, 1.82) is 5.26 Å². The third-order valence-corrected chi connectivity index (χ3v) is 2.75. The highest BCUT2D eigenvalue weighted by molar-refractivity contribution is 7.98. The fraction of sp³-hybridized carbons (Fsp3) is 0.111. The van der Waals surface area contributed by atoms with Crippen molar-refractivity contribution in [3.63, 3.8) is 0 Å². The van der Waals surface area contributed by atoms with E-state index in [0.717, 1.165) is 0 Å². The van der Waals surface area contributed by atoms with E-state index in [1.807, 2.05) is 6.07 Å². The molecular weight excluding hydrogens is 222 g/mol. The lowest BCUT2D eigenvalue weighted by Crippen LogP contribution is -1.99. The standard InChI is InChI=1S/C9H6ClNO2S/c1-14-6-2-5(4-11)8(10)7(3-6)9(12)13/h2-3H,1H3,(H,12,13). The smallest absolute Gasteiger partial charge is 0.337 e. The molecule has 0 amide bonds. The van der Waals surface area contributed by atoms with Crippen molar-refractivity contribution in [3.8, 4) is 6.07 Å². The Kier molecular flexibility index (Phi) is 3.39. The number of carbonyl (C=O) groups is 1. The zero-order valence-corrected chi connectivity index (χ0v) is 8.82. The Morgan fingerprint density at radius 1 is 1.64 bits per heavy atom. The first-order valence-electron chi connectivity index (χ1n) is 3.61. The van der Waals surface area contributed by atoms with Crippen LogP contribution >= 0.6 is 23.4 Å². The molecule has 0 heterocycles. The Hall–Kier alpha value is -1.18. The number of halogens is 1. The highest BCUT2D eigenvalue weighted by Gasteiger charge is 2.13. The number of nitriles is 1. The first-order valence-corrected chi connectivity index (χ1v) is 5.21. The second kappa shape index (κ2) is 4.36. The maximum Gasteiger partial charge on any atom is 0.337 e. The monoisotopic (exact) mass is 227 g/mol. The van der Waals surface area contributed by atoms with Crippen LogP contribution in [0.5, 0.6) is 0 Å². The molecule has 5 heteroatoms. The van der Waals surface area contributed by atoms with Crippen LogP contribution in [0.2, 0.25) is 5.02 Å². The van der Waals surface area contributed by atoms with E-state index in [2.05, 4.69) is 0 Å². The summed E-state index contributed by atoms with van der Waals surface area (Å²) >= 11 is 7.09. The molecule has 1 N–H and O–H groups in total. The first kappa shape index (κ1) is 10.9. The lowest BCUT2D eigenvalue weighted by molar-refractivity contribution is 0.0697. The number of nitrogens with zero attached hydrogens (tertiary/aromatic N) is 1. The molecule has 0 aliphatic carbocycles. The highest BCUT2D eigenvalue weighted by atomic mass is 35.5. The Morgan fingerprint density at radius 3 is 2.71 bits per heavy atom. The minimum absolute atomic E-state index is 0.00204. The molecule has 0 spiro atoms. The Bertz CT molecular complexity index is 426. The van der Waals surface area contributed by atoms with Gasteiger partial charge in [0.1, 0.15) is 6.07 Å². The van der Waals surface area contributed by atoms with Crippen molar-refractivity contribution in [2.24, 2.45) is 0 Å². The molecule has 0 unspecified atom stereocenters. The Labute approximate surface area is 90.3 Å². The van der Waals surface area contributed by atoms with Crippen molar-refractivity contribution in [2.45, 2.75) is 4.90 Å². The van der Waals surface area contributed by atoms with Crippen LogP contribution in [0.1, 0.15) is 15.9 Å². The first-order chi connectivity index (χ1) is 6.60. The van der Waals surface area contributed by atoms with Gasteiger partial charge >= 0.3 is 5.97 Å². The van der Waals surface area contributed by atoms with Gasteiger partial charge in [-0.1, -0.05) is 11.6 Å². The summed E-state index contributed by atoms with van der Waals surface area (Å²) < 4.78 is 0. The van der Waals surface area contributed by atoms with Crippen molar-refractivity contribution >= 4 is 29.3 Å². The third kappa shape index (κ3) is 2.00. The van der Waals surface area contributed by atoms with Crippen LogP contribution < -0.4 is 0 Å². The second-order valence-electron chi connectivity index (χ2n) is 2.45. The van der Waals surface area contributed by atoms with E-state index in [1.165, 1.54) is 17.8 Å². The summed E-state index contributed by atoms with van der Waals surface area (Å²) in [6.45, 7) is 0. The minimum atomic E-state index is -1.12. The van der Waals surface area contributed by atoms with Crippen LogP contribution in [0.15, 0.2) is 17.0 Å². The van der Waals surface area contributed by atoms with E-state index in [9.17, 15) is 4.79 Å². The van der Waals surface area contributed by atoms with Gasteiger partial charge in [0.15, 0.2) is 0 Å². The molecule has 1 aromatic rings. The van der Waals surface area contributed by atoms with Crippen LogP contribution in [0.3, 0.4) is 0 Å². The summed E-state index contributed by atoms with van der Waals surface area (Å²) in [7, 11) is 0. The summed E-state index contributed by atoms with van der Waals surface area (Å²) in [5.41, 5.74) is 0.158. The molecule has 0 atom stereocenters.